The van der Waals surface area contributed by atoms with Crippen molar-refractivity contribution in [2.24, 2.45) is 0 Å². The first-order valence-electron chi connectivity index (χ1n) is 4.69. The van der Waals surface area contributed by atoms with Gasteiger partial charge in [-0.3, -0.25) is 4.98 Å². The molecule has 0 unspecified atom stereocenters. The van der Waals surface area contributed by atoms with Crippen LogP contribution in [0.3, 0.4) is 0 Å². The van der Waals surface area contributed by atoms with Crippen molar-refractivity contribution in [2.45, 2.75) is 13.2 Å². The zero-order valence-electron chi connectivity index (χ0n) is 8.39. The van der Waals surface area contributed by atoms with Gasteiger partial charge in [0.1, 0.15) is 18.2 Å². The van der Waals surface area contributed by atoms with Gasteiger partial charge in [-0.25, -0.2) is 4.39 Å². The first-order valence-corrected chi connectivity index (χ1v) is 5.57. The van der Waals surface area contributed by atoms with Crippen molar-refractivity contribution >= 4 is 11.3 Å². The molecule has 0 saturated carbocycles. The maximum atomic E-state index is 12.9. The molecule has 1 heterocycles. The highest BCUT2D eigenvalue weighted by Gasteiger charge is 2.05. The van der Waals surface area contributed by atoms with Crippen LogP contribution in [0.25, 0.3) is 0 Å². The van der Waals surface area contributed by atoms with Gasteiger partial charge in [-0.1, -0.05) is 0 Å². The second-order valence-electron chi connectivity index (χ2n) is 3.17. The van der Waals surface area contributed by atoms with E-state index in [1.165, 1.54) is 29.5 Å². The summed E-state index contributed by atoms with van der Waals surface area (Å²) in [5.74, 6) is 0.117. The minimum Gasteiger partial charge on any atom is -0.488 e. The number of ether oxygens (including phenoxy) is 1. The molecule has 0 spiro atoms. The third-order valence-corrected chi connectivity index (χ3v) is 2.80. The van der Waals surface area contributed by atoms with E-state index < -0.39 is 0 Å². The summed E-state index contributed by atoms with van der Waals surface area (Å²) in [7, 11) is 0. The second-order valence-corrected chi connectivity index (χ2v) is 4.14. The Morgan fingerprint density at radius 3 is 3.00 bits per heavy atom. The Balaban J connectivity index is 2.09. The van der Waals surface area contributed by atoms with Gasteiger partial charge in [0, 0.05) is 11.8 Å². The average Bonchev–Trinajstić information content (AvgIpc) is 2.80. The van der Waals surface area contributed by atoms with E-state index in [4.69, 9.17) is 9.84 Å². The number of hydrogen-bond acceptors (Lipinski definition) is 4. The minimum absolute atomic E-state index is 0.240. The quantitative estimate of drug-likeness (QED) is 0.890. The van der Waals surface area contributed by atoms with Crippen LogP contribution in [-0.4, -0.2) is 10.1 Å². The molecule has 16 heavy (non-hydrogen) atoms. The topological polar surface area (TPSA) is 42.4 Å². The molecule has 0 bridgehead atoms. The predicted octanol–water partition coefficient (Wildman–Crippen LogP) is 2.35. The minimum atomic E-state index is -0.380. The number of halogens is 1. The van der Waals surface area contributed by atoms with E-state index in [0.717, 1.165) is 4.88 Å². The lowest BCUT2D eigenvalue weighted by molar-refractivity contribution is 0.259. The Hall–Kier alpha value is -1.46. The van der Waals surface area contributed by atoms with Gasteiger partial charge in [-0.2, -0.15) is 0 Å². The molecule has 0 amide bonds. The fourth-order valence-electron chi connectivity index (χ4n) is 1.27. The third-order valence-electron chi connectivity index (χ3n) is 2.05. The van der Waals surface area contributed by atoms with Crippen molar-refractivity contribution in [1.82, 2.24) is 4.98 Å². The van der Waals surface area contributed by atoms with Gasteiger partial charge in [0.2, 0.25) is 0 Å². The Morgan fingerprint density at radius 2 is 2.31 bits per heavy atom. The average molecular weight is 239 g/mol. The zero-order valence-corrected chi connectivity index (χ0v) is 9.21. The number of hydrogen-bond donors (Lipinski definition) is 1. The predicted molar refractivity (Wildman–Crippen MR) is 58.8 cm³/mol. The van der Waals surface area contributed by atoms with Crippen molar-refractivity contribution < 1.29 is 14.2 Å². The molecule has 0 aliphatic rings. The summed E-state index contributed by atoms with van der Waals surface area (Å²) in [5, 5.41) is 9.04. The van der Waals surface area contributed by atoms with Crippen LogP contribution in [0, 0.1) is 5.82 Å². The van der Waals surface area contributed by atoms with Gasteiger partial charge < -0.3 is 9.84 Å². The van der Waals surface area contributed by atoms with E-state index in [2.05, 4.69) is 4.98 Å². The van der Waals surface area contributed by atoms with Crippen LogP contribution in [0.5, 0.6) is 5.75 Å². The van der Waals surface area contributed by atoms with E-state index in [-0.39, 0.29) is 12.4 Å². The third kappa shape index (κ3) is 2.56. The molecule has 2 aromatic rings. The summed E-state index contributed by atoms with van der Waals surface area (Å²) in [5.41, 5.74) is 2.17. The van der Waals surface area contributed by atoms with Crippen molar-refractivity contribution in [1.29, 1.82) is 0 Å². The zero-order chi connectivity index (χ0) is 11.4. The molecule has 1 N–H and O–H groups in total. The molecule has 5 heteroatoms. The summed E-state index contributed by atoms with van der Waals surface area (Å²) in [6.07, 6.45) is 1.72. The van der Waals surface area contributed by atoms with Gasteiger partial charge in [-0.15, -0.1) is 11.3 Å². The Bertz CT molecular complexity index is 459. The van der Waals surface area contributed by atoms with Crippen LogP contribution < -0.4 is 4.74 Å². The van der Waals surface area contributed by atoms with Gasteiger partial charge in [0.05, 0.1) is 17.0 Å². The Labute approximate surface area is 96.2 Å². The van der Waals surface area contributed by atoms with E-state index in [1.54, 1.807) is 11.7 Å². The van der Waals surface area contributed by atoms with E-state index in [9.17, 15) is 4.39 Å². The van der Waals surface area contributed by atoms with Gasteiger partial charge in [0.25, 0.3) is 0 Å². The number of rotatable bonds is 4. The maximum absolute atomic E-state index is 12.9. The number of nitrogens with zero attached hydrogens (tertiary/aromatic N) is 1. The van der Waals surface area contributed by atoms with Crippen LogP contribution in [-0.2, 0) is 13.2 Å². The van der Waals surface area contributed by atoms with Crippen LogP contribution in [0.2, 0.25) is 0 Å². The number of aromatic nitrogens is 1. The number of thiazole rings is 1. The highest BCUT2D eigenvalue weighted by atomic mass is 32.1. The van der Waals surface area contributed by atoms with Crippen LogP contribution in [0.15, 0.2) is 29.9 Å². The van der Waals surface area contributed by atoms with Crippen molar-refractivity contribution in [3.05, 3.63) is 46.2 Å². The van der Waals surface area contributed by atoms with Crippen molar-refractivity contribution in [2.75, 3.05) is 0 Å². The summed E-state index contributed by atoms with van der Waals surface area (Å²) >= 11 is 1.49. The Morgan fingerprint density at radius 1 is 1.44 bits per heavy atom. The molecule has 0 saturated heterocycles. The second kappa shape index (κ2) is 5.05. The SMILES string of the molecule is OCc1cc(F)ccc1OCc1cncs1. The summed E-state index contributed by atoms with van der Waals surface area (Å²) < 4.78 is 18.3. The highest BCUT2D eigenvalue weighted by Crippen LogP contribution is 2.21. The maximum Gasteiger partial charge on any atom is 0.125 e. The van der Waals surface area contributed by atoms with Crippen LogP contribution >= 0.6 is 11.3 Å². The highest BCUT2D eigenvalue weighted by molar-refractivity contribution is 7.09. The van der Waals surface area contributed by atoms with E-state index in [1.807, 2.05) is 0 Å². The lowest BCUT2D eigenvalue weighted by Gasteiger charge is -2.08. The normalized spacial score (nSPS) is 10.4. The molecule has 1 aromatic carbocycles. The molecular formula is C11H10FNO2S. The summed E-state index contributed by atoms with van der Waals surface area (Å²) in [4.78, 5) is 4.90. The number of benzene rings is 1. The van der Waals surface area contributed by atoms with Gasteiger partial charge >= 0.3 is 0 Å². The van der Waals surface area contributed by atoms with Crippen LogP contribution in [0.1, 0.15) is 10.4 Å². The number of aliphatic hydroxyl groups excluding tert-OH is 1. The molecule has 0 fully saturated rings. The summed E-state index contributed by atoms with van der Waals surface area (Å²) in [6.45, 7) is 0.138. The molecule has 0 aliphatic heterocycles. The van der Waals surface area contributed by atoms with Gasteiger partial charge in [0.15, 0.2) is 0 Å². The fraction of sp³-hybridized carbons (Fsp3) is 0.182. The fourth-order valence-corrected chi connectivity index (χ4v) is 1.78. The van der Waals surface area contributed by atoms with E-state index in [0.29, 0.717) is 17.9 Å². The van der Waals surface area contributed by atoms with Crippen LogP contribution in [0.4, 0.5) is 4.39 Å². The smallest absolute Gasteiger partial charge is 0.125 e. The molecule has 84 valence electrons. The van der Waals surface area contributed by atoms with Crippen molar-refractivity contribution in [3.8, 4) is 5.75 Å². The Kier molecular flexibility index (Phi) is 3.48. The number of aliphatic hydroxyl groups is 1. The molecular weight excluding hydrogens is 229 g/mol. The molecule has 2 rings (SSSR count). The molecule has 0 radical (unpaired) electrons. The lowest BCUT2D eigenvalue weighted by Crippen LogP contribution is -1.97. The van der Waals surface area contributed by atoms with E-state index >= 15 is 0 Å². The molecule has 0 aliphatic carbocycles. The van der Waals surface area contributed by atoms with Gasteiger partial charge in [-0.05, 0) is 18.2 Å². The molecule has 1 aromatic heterocycles. The largest absolute Gasteiger partial charge is 0.488 e. The molecule has 3 nitrogen and oxygen atoms in total. The lowest BCUT2D eigenvalue weighted by atomic mass is 10.2. The van der Waals surface area contributed by atoms with Crippen molar-refractivity contribution in [3.63, 3.8) is 0 Å². The monoisotopic (exact) mass is 239 g/mol. The summed E-state index contributed by atoms with van der Waals surface area (Å²) in [6, 6.07) is 4.09. The first kappa shape index (κ1) is 11.0. The standard InChI is InChI=1S/C11H10FNO2S/c12-9-1-2-11(8(3-9)5-14)15-6-10-4-13-7-16-10/h1-4,7,14H,5-6H2. The first-order chi connectivity index (χ1) is 7.79. The molecule has 0 atom stereocenters.